The number of rotatable bonds is 4. The van der Waals surface area contributed by atoms with Gasteiger partial charge in [-0.3, -0.25) is 19.4 Å². The molecule has 0 atom stereocenters. The third-order valence-corrected chi connectivity index (χ3v) is 3.86. The standard InChI is InChI=1S/C14H20N4O3/c1-2-3-8-17-12(19)10(11(15)16)13(20)18(14(17)21)9-6-4-5-7-9/h2,9H,1,3-8,15-16H2. The molecule has 7 nitrogen and oxygen atoms in total. The fraction of sp³-hybridized carbons (Fsp3) is 0.500. The van der Waals surface area contributed by atoms with Crippen LogP contribution in [-0.2, 0) is 9.59 Å². The second-order valence-electron chi connectivity index (χ2n) is 5.26. The molecule has 2 rings (SSSR count). The fourth-order valence-electron chi connectivity index (χ4n) is 2.80. The van der Waals surface area contributed by atoms with Crippen LogP contribution in [0.25, 0.3) is 0 Å². The van der Waals surface area contributed by atoms with Crippen LogP contribution < -0.4 is 11.5 Å². The number of nitrogens with two attached hydrogens (primary N) is 2. The van der Waals surface area contributed by atoms with Gasteiger partial charge in [0.05, 0.1) is 0 Å². The van der Waals surface area contributed by atoms with Gasteiger partial charge in [0.15, 0.2) is 0 Å². The molecule has 1 aliphatic carbocycles. The van der Waals surface area contributed by atoms with Crippen LogP contribution in [0.2, 0.25) is 0 Å². The highest BCUT2D eigenvalue weighted by Gasteiger charge is 2.46. The predicted molar refractivity (Wildman–Crippen MR) is 76.4 cm³/mol. The lowest BCUT2D eigenvalue weighted by atomic mass is 10.1. The van der Waals surface area contributed by atoms with Crippen molar-refractivity contribution in [3.8, 4) is 0 Å². The first-order valence-corrected chi connectivity index (χ1v) is 7.04. The minimum Gasteiger partial charge on any atom is -0.385 e. The molecule has 2 aliphatic rings. The van der Waals surface area contributed by atoms with E-state index in [0.717, 1.165) is 35.5 Å². The summed E-state index contributed by atoms with van der Waals surface area (Å²) in [6.07, 6.45) is 5.46. The zero-order chi connectivity index (χ0) is 15.6. The van der Waals surface area contributed by atoms with Gasteiger partial charge in [0, 0.05) is 12.6 Å². The van der Waals surface area contributed by atoms with Gasteiger partial charge in [-0.1, -0.05) is 18.9 Å². The van der Waals surface area contributed by atoms with E-state index in [1.807, 2.05) is 0 Å². The number of amides is 4. The summed E-state index contributed by atoms with van der Waals surface area (Å²) in [6.45, 7) is 3.73. The lowest BCUT2D eigenvalue weighted by molar-refractivity contribution is -0.137. The molecule has 114 valence electrons. The molecule has 21 heavy (non-hydrogen) atoms. The maximum absolute atomic E-state index is 12.5. The molecule has 0 aromatic rings. The average Bonchev–Trinajstić information content (AvgIpc) is 2.92. The largest absolute Gasteiger partial charge is 0.385 e. The summed E-state index contributed by atoms with van der Waals surface area (Å²) in [5, 5.41) is 0. The minimum atomic E-state index is -0.721. The summed E-state index contributed by atoms with van der Waals surface area (Å²) in [7, 11) is 0. The van der Waals surface area contributed by atoms with Crippen LogP contribution in [0.3, 0.4) is 0 Å². The predicted octanol–water partition coefficient (Wildman–Crippen LogP) is 0.425. The zero-order valence-corrected chi connectivity index (χ0v) is 11.9. The molecule has 1 heterocycles. The second-order valence-corrected chi connectivity index (χ2v) is 5.26. The Labute approximate surface area is 123 Å². The van der Waals surface area contributed by atoms with Crippen LogP contribution >= 0.6 is 0 Å². The van der Waals surface area contributed by atoms with E-state index in [1.54, 1.807) is 6.08 Å². The van der Waals surface area contributed by atoms with E-state index < -0.39 is 17.8 Å². The molecule has 0 radical (unpaired) electrons. The first-order valence-electron chi connectivity index (χ1n) is 7.04. The summed E-state index contributed by atoms with van der Waals surface area (Å²) >= 11 is 0. The summed E-state index contributed by atoms with van der Waals surface area (Å²) in [5.41, 5.74) is 10.7. The number of barbiturate groups is 1. The van der Waals surface area contributed by atoms with Gasteiger partial charge in [0.25, 0.3) is 11.8 Å². The van der Waals surface area contributed by atoms with E-state index >= 15 is 0 Å². The van der Waals surface area contributed by atoms with Crippen LogP contribution in [0.15, 0.2) is 24.0 Å². The first kappa shape index (κ1) is 15.1. The molecule has 0 aromatic carbocycles. The van der Waals surface area contributed by atoms with E-state index in [4.69, 9.17) is 11.5 Å². The minimum absolute atomic E-state index is 0.161. The highest BCUT2D eigenvalue weighted by atomic mass is 16.2. The van der Waals surface area contributed by atoms with E-state index in [9.17, 15) is 14.4 Å². The number of carbonyl (C=O) groups is 3. The molecule has 1 saturated heterocycles. The van der Waals surface area contributed by atoms with Crippen molar-refractivity contribution >= 4 is 17.8 Å². The molecule has 0 aromatic heterocycles. The third-order valence-electron chi connectivity index (χ3n) is 3.86. The molecular formula is C14H20N4O3. The van der Waals surface area contributed by atoms with Gasteiger partial charge in [0.1, 0.15) is 11.4 Å². The van der Waals surface area contributed by atoms with E-state index in [0.29, 0.717) is 6.42 Å². The van der Waals surface area contributed by atoms with Gasteiger partial charge < -0.3 is 11.5 Å². The van der Waals surface area contributed by atoms with Crippen LogP contribution in [0.4, 0.5) is 4.79 Å². The quantitative estimate of drug-likeness (QED) is 0.443. The normalized spacial score (nSPS) is 20.4. The van der Waals surface area contributed by atoms with Crippen LogP contribution in [0.5, 0.6) is 0 Å². The van der Waals surface area contributed by atoms with Crippen molar-refractivity contribution in [3.63, 3.8) is 0 Å². The van der Waals surface area contributed by atoms with Crippen molar-refractivity contribution in [2.45, 2.75) is 38.1 Å². The number of nitrogens with zero attached hydrogens (tertiary/aromatic N) is 2. The Hall–Kier alpha value is -2.31. The molecule has 1 aliphatic heterocycles. The van der Waals surface area contributed by atoms with Gasteiger partial charge >= 0.3 is 6.03 Å². The summed E-state index contributed by atoms with van der Waals surface area (Å²) in [5.74, 6) is -1.74. The van der Waals surface area contributed by atoms with Crippen LogP contribution in [0, 0.1) is 0 Å². The van der Waals surface area contributed by atoms with Crippen molar-refractivity contribution in [2.75, 3.05) is 6.54 Å². The van der Waals surface area contributed by atoms with Crippen molar-refractivity contribution in [1.29, 1.82) is 0 Å². The smallest absolute Gasteiger partial charge is 0.334 e. The van der Waals surface area contributed by atoms with E-state index in [1.165, 1.54) is 0 Å². The van der Waals surface area contributed by atoms with Crippen molar-refractivity contribution in [2.24, 2.45) is 11.5 Å². The summed E-state index contributed by atoms with van der Waals surface area (Å²) in [6, 6.07) is -0.762. The molecule has 1 saturated carbocycles. The van der Waals surface area contributed by atoms with Crippen LogP contribution in [-0.4, -0.2) is 40.2 Å². The molecule has 7 heteroatoms. The number of hydrogen-bond acceptors (Lipinski definition) is 5. The molecule has 2 fully saturated rings. The SMILES string of the molecule is C=CCCN1C(=O)C(=C(N)N)C(=O)N(C2CCCC2)C1=O. The molecular weight excluding hydrogens is 272 g/mol. The number of urea groups is 1. The third kappa shape index (κ3) is 2.63. The highest BCUT2D eigenvalue weighted by molar-refractivity contribution is 6.29. The van der Waals surface area contributed by atoms with E-state index in [-0.39, 0.29) is 24.0 Å². The lowest BCUT2D eigenvalue weighted by Gasteiger charge is -2.37. The zero-order valence-electron chi connectivity index (χ0n) is 11.9. The molecule has 0 bridgehead atoms. The van der Waals surface area contributed by atoms with Gasteiger partial charge in [-0.05, 0) is 19.3 Å². The van der Waals surface area contributed by atoms with Crippen molar-refractivity contribution in [3.05, 3.63) is 24.0 Å². The van der Waals surface area contributed by atoms with Gasteiger partial charge in [-0.25, -0.2) is 4.79 Å². The average molecular weight is 292 g/mol. The Bertz CT molecular complexity index is 516. The Morgan fingerprint density at radius 3 is 2.33 bits per heavy atom. The fourth-order valence-corrected chi connectivity index (χ4v) is 2.80. The lowest BCUT2D eigenvalue weighted by Crippen LogP contribution is -2.60. The Balaban J connectivity index is 2.38. The maximum atomic E-state index is 12.5. The number of hydrogen-bond donors (Lipinski definition) is 2. The second kappa shape index (κ2) is 5.99. The maximum Gasteiger partial charge on any atom is 0.334 e. The van der Waals surface area contributed by atoms with Gasteiger partial charge in [-0.2, -0.15) is 0 Å². The van der Waals surface area contributed by atoms with E-state index in [2.05, 4.69) is 6.58 Å². The molecule has 0 unspecified atom stereocenters. The Morgan fingerprint density at radius 2 is 1.81 bits per heavy atom. The molecule has 4 N–H and O–H groups in total. The summed E-state index contributed by atoms with van der Waals surface area (Å²) in [4.78, 5) is 39.3. The molecule has 0 spiro atoms. The summed E-state index contributed by atoms with van der Waals surface area (Å²) < 4.78 is 0. The highest BCUT2D eigenvalue weighted by Crippen LogP contribution is 2.29. The Kier molecular flexibility index (Phi) is 4.30. The topological polar surface area (TPSA) is 110 Å². The van der Waals surface area contributed by atoms with Crippen molar-refractivity contribution < 1.29 is 14.4 Å². The number of imide groups is 2. The monoisotopic (exact) mass is 292 g/mol. The van der Waals surface area contributed by atoms with Gasteiger partial charge in [0.2, 0.25) is 0 Å². The van der Waals surface area contributed by atoms with Crippen LogP contribution in [0.1, 0.15) is 32.1 Å². The number of carbonyl (C=O) groups excluding carboxylic acids is 3. The molecule has 4 amide bonds. The van der Waals surface area contributed by atoms with Crippen molar-refractivity contribution in [1.82, 2.24) is 9.80 Å². The Morgan fingerprint density at radius 1 is 1.19 bits per heavy atom. The van der Waals surface area contributed by atoms with Gasteiger partial charge in [-0.15, -0.1) is 6.58 Å². The first-order chi connectivity index (χ1) is 9.99.